The van der Waals surface area contributed by atoms with E-state index in [0.717, 1.165) is 34.2 Å². The zero-order valence-corrected chi connectivity index (χ0v) is 17.4. The summed E-state index contributed by atoms with van der Waals surface area (Å²) in [6.45, 7) is 0.789. The van der Waals surface area contributed by atoms with Crippen LogP contribution in [-0.4, -0.2) is 43.1 Å². The van der Waals surface area contributed by atoms with Crippen LogP contribution < -0.4 is 4.74 Å². The van der Waals surface area contributed by atoms with E-state index in [9.17, 15) is 12.8 Å². The van der Waals surface area contributed by atoms with Crippen molar-refractivity contribution in [3.05, 3.63) is 59.4 Å². The van der Waals surface area contributed by atoms with E-state index in [2.05, 4.69) is 10.2 Å². The number of ether oxygens (including phenoxy) is 1. The second-order valence-electron chi connectivity index (χ2n) is 6.83. The molecule has 2 heterocycles. The third kappa shape index (κ3) is 4.17. The van der Waals surface area contributed by atoms with Crippen molar-refractivity contribution < 1.29 is 17.5 Å². The first-order valence-electron chi connectivity index (χ1n) is 9.21. The first-order valence-corrected chi connectivity index (χ1v) is 11.5. The van der Waals surface area contributed by atoms with Crippen LogP contribution in [0.25, 0.3) is 10.6 Å². The molecule has 1 aliphatic heterocycles. The summed E-state index contributed by atoms with van der Waals surface area (Å²) in [7, 11) is -2.05. The molecule has 2 aromatic carbocycles. The SMILES string of the molecule is COc1ccc(-c2nnc(C3CCCN(S(=O)(=O)c4ccc(F)cc4)C3)s2)cc1. The van der Waals surface area contributed by atoms with Gasteiger partial charge < -0.3 is 4.74 Å². The van der Waals surface area contributed by atoms with Crippen LogP contribution in [0.3, 0.4) is 0 Å². The van der Waals surface area contributed by atoms with Gasteiger partial charge in [-0.25, -0.2) is 12.8 Å². The average Bonchev–Trinajstić information content (AvgIpc) is 3.24. The number of nitrogens with zero attached hydrogens (tertiary/aromatic N) is 3. The summed E-state index contributed by atoms with van der Waals surface area (Å²) in [5, 5.41) is 10.2. The fraction of sp³-hybridized carbons (Fsp3) is 0.300. The summed E-state index contributed by atoms with van der Waals surface area (Å²) in [5.41, 5.74) is 0.946. The first kappa shape index (κ1) is 19.9. The Kier molecular flexibility index (Phi) is 5.62. The van der Waals surface area contributed by atoms with Crippen molar-refractivity contribution in [2.45, 2.75) is 23.7 Å². The second kappa shape index (κ2) is 8.17. The minimum absolute atomic E-state index is 0.0107. The van der Waals surface area contributed by atoms with Crippen LogP contribution >= 0.6 is 11.3 Å². The van der Waals surface area contributed by atoms with Gasteiger partial charge in [0.1, 0.15) is 21.6 Å². The summed E-state index contributed by atoms with van der Waals surface area (Å²) in [5.74, 6) is 0.302. The fourth-order valence-corrected chi connectivity index (χ4v) is 5.87. The normalized spacial score (nSPS) is 17.9. The molecule has 1 unspecified atom stereocenters. The highest BCUT2D eigenvalue weighted by Crippen LogP contribution is 2.34. The number of benzene rings is 2. The monoisotopic (exact) mass is 433 g/mol. The van der Waals surface area contributed by atoms with E-state index >= 15 is 0 Å². The summed E-state index contributed by atoms with van der Waals surface area (Å²) in [4.78, 5) is 0.107. The molecule has 1 saturated heterocycles. The lowest BCUT2D eigenvalue weighted by atomic mass is 10.0. The first-order chi connectivity index (χ1) is 14.0. The molecule has 1 fully saturated rings. The minimum atomic E-state index is -3.66. The molecule has 0 bridgehead atoms. The number of hydrogen-bond donors (Lipinski definition) is 0. The molecular weight excluding hydrogens is 413 g/mol. The molecule has 3 aromatic rings. The van der Waals surface area contributed by atoms with Crippen molar-refractivity contribution in [1.82, 2.24) is 14.5 Å². The van der Waals surface area contributed by atoms with Gasteiger partial charge in [-0.05, 0) is 61.4 Å². The zero-order chi connectivity index (χ0) is 20.4. The molecule has 1 aliphatic rings. The molecule has 6 nitrogen and oxygen atoms in total. The molecule has 0 aliphatic carbocycles. The predicted molar refractivity (Wildman–Crippen MR) is 109 cm³/mol. The topological polar surface area (TPSA) is 72.4 Å². The van der Waals surface area contributed by atoms with Crippen LogP contribution in [0, 0.1) is 5.82 Å². The molecule has 0 amide bonds. The minimum Gasteiger partial charge on any atom is -0.497 e. The maximum absolute atomic E-state index is 13.2. The summed E-state index contributed by atoms with van der Waals surface area (Å²) < 4.78 is 45.6. The van der Waals surface area contributed by atoms with Gasteiger partial charge in [-0.2, -0.15) is 4.31 Å². The van der Waals surface area contributed by atoms with Crippen LogP contribution in [0.4, 0.5) is 4.39 Å². The molecule has 29 heavy (non-hydrogen) atoms. The number of rotatable bonds is 5. The van der Waals surface area contributed by atoms with E-state index in [4.69, 9.17) is 4.74 Å². The highest BCUT2D eigenvalue weighted by Gasteiger charge is 2.32. The van der Waals surface area contributed by atoms with E-state index in [1.54, 1.807) is 7.11 Å². The lowest BCUT2D eigenvalue weighted by Crippen LogP contribution is -2.39. The van der Waals surface area contributed by atoms with Crippen molar-refractivity contribution in [2.75, 3.05) is 20.2 Å². The number of halogens is 1. The Bertz CT molecular complexity index is 1080. The summed E-state index contributed by atoms with van der Waals surface area (Å²) in [6, 6.07) is 12.5. The highest BCUT2D eigenvalue weighted by atomic mass is 32.2. The standard InChI is InChI=1S/C20H20FN3O3S2/c1-27-17-8-4-14(5-9-17)19-22-23-20(28-19)15-3-2-12-24(13-15)29(25,26)18-10-6-16(21)7-11-18/h4-11,15H,2-3,12-13H2,1H3. The van der Waals surface area contributed by atoms with E-state index in [0.29, 0.717) is 13.1 Å². The van der Waals surface area contributed by atoms with Gasteiger partial charge in [0.2, 0.25) is 10.0 Å². The van der Waals surface area contributed by atoms with Gasteiger partial charge in [0, 0.05) is 24.6 Å². The maximum atomic E-state index is 13.2. The number of sulfonamides is 1. The van der Waals surface area contributed by atoms with Gasteiger partial charge in [0.25, 0.3) is 0 Å². The smallest absolute Gasteiger partial charge is 0.243 e. The highest BCUT2D eigenvalue weighted by molar-refractivity contribution is 7.89. The maximum Gasteiger partial charge on any atom is 0.243 e. The average molecular weight is 434 g/mol. The van der Waals surface area contributed by atoms with Gasteiger partial charge in [-0.1, -0.05) is 11.3 Å². The fourth-order valence-electron chi connectivity index (χ4n) is 3.37. The number of hydrogen-bond acceptors (Lipinski definition) is 6. The van der Waals surface area contributed by atoms with E-state index < -0.39 is 15.8 Å². The lowest BCUT2D eigenvalue weighted by Gasteiger charge is -2.30. The number of piperidine rings is 1. The Morgan fingerprint density at radius 1 is 1.10 bits per heavy atom. The van der Waals surface area contributed by atoms with Crippen LogP contribution in [-0.2, 0) is 10.0 Å². The van der Waals surface area contributed by atoms with Crippen molar-refractivity contribution >= 4 is 21.4 Å². The second-order valence-corrected chi connectivity index (χ2v) is 9.78. The number of aromatic nitrogens is 2. The molecule has 0 N–H and O–H groups in total. The van der Waals surface area contributed by atoms with Crippen molar-refractivity contribution in [2.24, 2.45) is 0 Å². The Morgan fingerprint density at radius 3 is 2.52 bits per heavy atom. The van der Waals surface area contributed by atoms with Crippen LogP contribution in [0.15, 0.2) is 53.4 Å². The van der Waals surface area contributed by atoms with Gasteiger partial charge in [0.05, 0.1) is 12.0 Å². The molecular formula is C20H20FN3O3S2. The van der Waals surface area contributed by atoms with Crippen LogP contribution in [0.5, 0.6) is 5.75 Å². The lowest BCUT2D eigenvalue weighted by molar-refractivity contribution is 0.314. The quantitative estimate of drug-likeness (QED) is 0.610. The van der Waals surface area contributed by atoms with E-state index in [1.807, 2.05) is 24.3 Å². The van der Waals surface area contributed by atoms with E-state index in [-0.39, 0.29) is 10.8 Å². The third-order valence-electron chi connectivity index (χ3n) is 4.96. The van der Waals surface area contributed by atoms with E-state index in [1.165, 1.54) is 39.9 Å². The Hall–Kier alpha value is -2.36. The van der Waals surface area contributed by atoms with Gasteiger partial charge in [-0.15, -0.1) is 10.2 Å². The molecule has 1 atom stereocenters. The summed E-state index contributed by atoms with van der Waals surface area (Å²) >= 11 is 1.48. The van der Waals surface area contributed by atoms with Crippen LogP contribution in [0.1, 0.15) is 23.8 Å². The molecule has 1 aromatic heterocycles. The molecule has 0 spiro atoms. The molecule has 152 valence electrons. The Balaban J connectivity index is 1.52. The molecule has 0 saturated carbocycles. The molecule has 4 rings (SSSR count). The molecule has 9 heteroatoms. The van der Waals surface area contributed by atoms with Gasteiger partial charge in [-0.3, -0.25) is 0 Å². The number of methoxy groups -OCH3 is 1. The van der Waals surface area contributed by atoms with Crippen molar-refractivity contribution in [3.63, 3.8) is 0 Å². The Morgan fingerprint density at radius 2 is 1.83 bits per heavy atom. The Labute approximate surface area is 173 Å². The largest absolute Gasteiger partial charge is 0.497 e. The third-order valence-corrected chi connectivity index (χ3v) is 7.98. The summed E-state index contributed by atoms with van der Waals surface area (Å²) in [6.07, 6.45) is 1.59. The van der Waals surface area contributed by atoms with Crippen LogP contribution in [0.2, 0.25) is 0 Å². The van der Waals surface area contributed by atoms with Gasteiger partial charge >= 0.3 is 0 Å². The van der Waals surface area contributed by atoms with Gasteiger partial charge in [0.15, 0.2) is 0 Å². The predicted octanol–water partition coefficient (Wildman–Crippen LogP) is 3.92. The zero-order valence-electron chi connectivity index (χ0n) is 15.8. The molecule has 0 radical (unpaired) electrons. The van der Waals surface area contributed by atoms with Crippen molar-refractivity contribution in [1.29, 1.82) is 0 Å². The van der Waals surface area contributed by atoms with Crippen molar-refractivity contribution in [3.8, 4) is 16.3 Å².